The fraction of sp³-hybridized carbons (Fsp3) is 0.714. The minimum Gasteiger partial charge on any atom is -0.341 e. The van der Waals surface area contributed by atoms with Gasteiger partial charge in [0.2, 0.25) is 0 Å². The van der Waals surface area contributed by atoms with Gasteiger partial charge in [-0.1, -0.05) is 13.3 Å². The Labute approximate surface area is 78.4 Å². The molecule has 0 aromatic heterocycles. The normalized spacial score (nSPS) is 10.9. The van der Waals surface area contributed by atoms with Gasteiger partial charge in [-0.15, -0.1) is 0 Å². The van der Waals surface area contributed by atoms with Crippen molar-refractivity contribution in [2.24, 2.45) is 0 Å². The summed E-state index contributed by atoms with van der Waals surface area (Å²) in [6.45, 7) is 1.81. The molecule has 0 aromatic rings. The van der Waals surface area contributed by atoms with Gasteiger partial charge in [-0.05, 0) is 6.42 Å². The monoisotopic (exact) mass is 213 g/mol. The van der Waals surface area contributed by atoms with Crippen molar-refractivity contribution in [1.29, 1.82) is 0 Å². The highest BCUT2D eigenvalue weighted by Gasteiger charge is 2.39. The van der Waals surface area contributed by atoms with E-state index in [2.05, 4.69) is 4.84 Å². The van der Waals surface area contributed by atoms with Crippen molar-refractivity contribution in [3.63, 3.8) is 0 Å². The predicted octanol–water partition coefficient (Wildman–Crippen LogP) is 1.31. The van der Waals surface area contributed by atoms with E-state index in [-0.39, 0.29) is 6.42 Å². The van der Waals surface area contributed by atoms with Crippen LogP contribution in [0.15, 0.2) is 0 Å². The van der Waals surface area contributed by atoms with E-state index in [1.54, 1.807) is 0 Å². The van der Waals surface area contributed by atoms with Gasteiger partial charge in [-0.25, -0.2) is 4.79 Å². The number of hydroxylamine groups is 1. The first-order valence-electron chi connectivity index (χ1n) is 3.94. The third-order valence-electron chi connectivity index (χ3n) is 1.25. The number of hydrogen-bond acceptors (Lipinski definition) is 3. The third-order valence-corrected chi connectivity index (χ3v) is 1.25. The predicted molar refractivity (Wildman–Crippen MR) is 39.8 cm³/mol. The summed E-state index contributed by atoms with van der Waals surface area (Å²) in [4.78, 5) is 24.6. The lowest BCUT2D eigenvalue weighted by atomic mass is 10.3. The average molecular weight is 213 g/mol. The summed E-state index contributed by atoms with van der Waals surface area (Å²) in [5.74, 6) is -3.17. The summed E-state index contributed by atoms with van der Waals surface area (Å²) in [7, 11) is 0. The van der Waals surface area contributed by atoms with Crippen LogP contribution in [-0.4, -0.2) is 18.1 Å². The molecule has 0 unspecified atom stereocenters. The largest absolute Gasteiger partial charge is 0.474 e. The Morgan fingerprint density at radius 3 is 2.36 bits per heavy atom. The van der Waals surface area contributed by atoms with Crippen LogP contribution in [0.1, 0.15) is 26.2 Å². The van der Waals surface area contributed by atoms with Crippen LogP contribution >= 0.6 is 0 Å². The van der Waals surface area contributed by atoms with Gasteiger partial charge in [0.15, 0.2) is 0 Å². The zero-order valence-corrected chi connectivity index (χ0v) is 7.48. The maximum Gasteiger partial charge on any atom is 0.474 e. The lowest BCUT2D eigenvalue weighted by Gasteiger charge is -2.07. The van der Waals surface area contributed by atoms with Gasteiger partial charge < -0.3 is 4.84 Å². The Kier molecular flexibility index (Phi) is 4.96. The third kappa shape index (κ3) is 5.39. The number of nitrogens with one attached hydrogen (secondary N) is 1. The van der Waals surface area contributed by atoms with Crippen molar-refractivity contribution in [3.05, 3.63) is 0 Å². The van der Waals surface area contributed by atoms with Crippen LogP contribution in [-0.2, 0) is 14.4 Å². The highest BCUT2D eigenvalue weighted by molar-refractivity contribution is 5.82. The van der Waals surface area contributed by atoms with E-state index in [1.807, 2.05) is 6.92 Å². The highest BCUT2D eigenvalue weighted by Crippen LogP contribution is 2.13. The number of halogens is 3. The van der Waals surface area contributed by atoms with Crippen molar-refractivity contribution < 1.29 is 27.6 Å². The molecule has 0 saturated carbocycles. The van der Waals surface area contributed by atoms with E-state index < -0.39 is 18.1 Å². The molecule has 1 N–H and O–H groups in total. The Morgan fingerprint density at radius 2 is 1.93 bits per heavy atom. The highest BCUT2D eigenvalue weighted by atomic mass is 19.4. The number of unbranched alkanes of at least 4 members (excludes halogenated alkanes) is 1. The van der Waals surface area contributed by atoms with Crippen molar-refractivity contribution in [2.75, 3.05) is 0 Å². The summed E-state index contributed by atoms with van der Waals surface area (Å²) in [5, 5.41) is 0. The van der Waals surface area contributed by atoms with Crippen LogP contribution in [0.25, 0.3) is 0 Å². The number of alkyl halides is 3. The molecule has 0 bridgehead atoms. The minimum atomic E-state index is -5.04. The maximum absolute atomic E-state index is 11.5. The summed E-state index contributed by atoms with van der Waals surface area (Å²) in [6, 6.07) is 0. The van der Waals surface area contributed by atoms with Gasteiger partial charge in [0.05, 0.1) is 0 Å². The van der Waals surface area contributed by atoms with E-state index in [1.165, 1.54) is 0 Å². The second kappa shape index (κ2) is 5.46. The van der Waals surface area contributed by atoms with Gasteiger partial charge in [-0.3, -0.25) is 4.79 Å². The molecule has 0 radical (unpaired) electrons. The van der Waals surface area contributed by atoms with Crippen molar-refractivity contribution in [1.82, 2.24) is 5.48 Å². The standard InChI is InChI=1S/C7H10F3NO3/c1-2-3-4-5(12)14-11-6(13)7(8,9)10/h2-4H2,1H3,(H,11,13). The lowest BCUT2D eigenvalue weighted by Crippen LogP contribution is -2.38. The molecule has 0 fully saturated rings. The molecular weight excluding hydrogens is 203 g/mol. The SMILES string of the molecule is CCCCC(=O)ONC(=O)C(F)(F)F. The summed E-state index contributed by atoms with van der Waals surface area (Å²) in [5.41, 5.74) is 1.02. The average Bonchev–Trinajstić information content (AvgIpc) is 2.09. The molecule has 0 aliphatic carbocycles. The van der Waals surface area contributed by atoms with Crippen LogP contribution in [0.4, 0.5) is 13.2 Å². The van der Waals surface area contributed by atoms with Crippen molar-refractivity contribution >= 4 is 11.9 Å². The molecule has 82 valence electrons. The Balaban J connectivity index is 3.73. The maximum atomic E-state index is 11.5. The lowest BCUT2D eigenvalue weighted by molar-refractivity contribution is -0.189. The summed E-state index contributed by atoms with van der Waals surface area (Å²) in [6.07, 6.45) is -3.84. The first-order valence-corrected chi connectivity index (χ1v) is 3.94. The second-order valence-electron chi connectivity index (χ2n) is 2.51. The molecule has 0 spiro atoms. The number of carbonyl (C=O) groups excluding carboxylic acids is 2. The van der Waals surface area contributed by atoms with Gasteiger partial charge in [0, 0.05) is 6.42 Å². The second-order valence-corrected chi connectivity index (χ2v) is 2.51. The Morgan fingerprint density at radius 1 is 1.36 bits per heavy atom. The van der Waals surface area contributed by atoms with Crippen molar-refractivity contribution in [2.45, 2.75) is 32.4 Å². The zero-order chi connectivity index (χ0) is 11.2. The van der Waals surface area contributed by atoms with Gasteiger partial charge in [0.25, 0.3) is 0 Å². The molecule has 7 heteroatoms. The van der Waals surface area contributed by atoms with Crippen LogP contribution in [0.3, 0.4) is 0 Å². The van der Waals surface area contributed by atoms with E-state index in [9.17, 15) is 22.8 Å². The van der Waals surface area contributed by atoms with Crippen LogP contribution in [0.2, 0.25) is 0 Å². The van der Waals surface area contributed by atoms with E-state index >= 15 is 0 Å². The number of hydrogen-bond donors (Lipinski definition) is 1. The Hall–Kier alpha value is -1.27. The fourth-order valence-corrected chi connectivity index (χ4v) is 0.533. The molecule has 4 nitrogen and oxygen atoms in total. The van der Waals surface area contributed by atoms with Gasteiger partial charge >= 0.3 is 18.1 Å². The smallest absolute Gasteiger partial charge is 0.341 e. The zero-order valence-electron chi connectivity index (χ0n) is 7.48. The van der Waals surface area contributed by atoms with Crippen molar-refractivity contribution in [3.8, 4) is 0 Å². The summed E-state index contributed by atoms with van der Waals surface area (Å²) >= 11 is 0. The molecule has 0 aliphatic rings. The molecular formula is C7H10F3NO3. The van der Waals surface area contributed by atoms with E-state index in [0.717, 1.165) is 5.48 Å². The molecule has 0 aliphatic heterocycles. The topological polar surface area (TPSA) is 55.4 Å². The molecule has 0 saturated heterocycles. The van der Waals surface area contributed by atoms with Gasteiger partial charge in [0.1, 0.15) is 0 Å². The molecule has 0 heterocycles. The minimum absolute atomic E-state index is 0.0192. The Bertz CT molecular complexity index is 215. The molecule has 1 amide bonds. The van der Waals surface area contributed by atoms with Crippen LogP contribution < -0.4 is 5.48 Å². The first kappa shape index (κ1) is 12.7. The van der Waals surface area contributed by atoms with Crippen LogP contribution in [0, 0.1) is 0 Å². The number of amides is 1. The fourth-order valence-electron chi connectivity index (χ4n) is 0.533. The molecule has 0 aromatic carbocycles. The molecule has 14 heavy (non-hydrogen) atoms. The number of rotatable bonds is 3. The first-order chi connectivity index (χ1) is 6.38. The molecule has 0 rings (SSSR count). The van der Waals surface area contributed by atoms with Gasteiger partial charge in [-0.2, -0.15) is 18.7 Å². The van der Waals surface area contributed by atoms with E-state index in [4.69, 9.17) is 0 Å². The molecule has 0 atom stereocenters. The number of carbonyl (C=O) groups is 2. The van der Waals surface area contributed by atoms with Crippen LogP contribution in [0.5, 0.6) is 0 Å². The quantitative estimate of drug-likeness (QED) is 0.719. The van der Waals surface area contributed by atoms with E-state index in [0.29, 0.717) is 12.8 Å². The summed E-state index contributed by atoms with van der Waals surface area (Å²) < 4.78 is 34.6.